The number of nitrogens with zero attached hydrogens (tertiary/aromatic N) is 3. The van der Waals surface area contributed by atoms with Gasteiger partial charge in [-0.15, -0.1) is 0 Å². The van der Waals surface area contributed by atoms with Crippen molar-refractivity contribution in [2.75, 3.05) is 26.9 Å². The van der Waals surface area contributed by atoms with Gasteiger partial charge in [-0.1, -0.05) is 25.1 Å². The fourth-order valence-corrected chi connectivity index (χ4v) is 6.55. The summed E-state index contributed by atoms with van der Waals surface area (Å²) in [5.41, 5.74) is 3.31. The Morgan fingerprint density at radius 1 is 1.14 bits per heavy atom. The maximum absolute atomic E-state index is 12.2. The van der Waals surface area contributed by atoms with Crippen molar-refractivity contribution in [3.63, 3.8) is 0 Å². The van der Waals surface area contributed by atoms with Crippen molar-refractivity contribution in [3.05, 3.63) is 69.8 Å². The fourth-order valence-electron chi connectivity index (χ4n) is 6.55. The largest absolute Gasteiger partial charge is 0.493 e. The smallest absolute Gasteiger partial charge is 0.330 e. The molecule has 0 spiro atoms. The number of aromatic nitrogens is 2. The van der Waals surface area contributed by atoms with Crippen LogP contribution in [0.15, 0.2) is 47.4 Å². The predicted molar refractivity (Wildman–Crippen MR) is 162 cm³/mol. The number of benzene rings is 2. The third-order valence-electron chi connectivity index (χ3n) is 8.92. The Kier molecular flexibility index (Phi) is 9.65. The average molecular weight is 594 g/mol. The van der Waals surface area contributed by atoms with Crippen molar-refractivity contribution in [1.82, 2.24) is 14.0 Å². The van der Waals surface area contributed by atoms with Gasteiger partial charge in [0.1, 0.15) is 12.4 Å². The SMILES string of the molecule is CCC(c1ccc2c(c1)CCO2)N(Cc1ccc(OCCn2c(O)cn(C)c2=O)c(OC)c1)CC1CCC(C(=O)O)CC1. The monoisotopic (exact) mass is 593 g/mol. The van der Waals surface area contributed by atoms with E-state index in [0.717, 1.165) is 63.0 Å². The molecule has 1 unspecified atom stereocenters. The number of aliphatic carboxylic acids is 1. The van der Waals surface area contributed by atoms with E-state index in [-0.39, 0.29) is 36.7 Å². The molecule has 0 radical (unpaired) electrons. The first-order valence-corrected chi connectivity index (χ1v) is 15.2. The van der Waals surface area contributed by atoms with Gasteiger partial charge in [-0.05, 0) is 72.9 Å². The lowest BCUT2D eigenvalue weighted by Gasteiger charge is -2.37. The number of imidazole rings is 1. The van der Waals surface area contributed by atoms with Crippen LogP contribution in [0.3, 0.4) is 0 Å². The Balaban J connectivity index is 1.33. The predicted octanol–water partition coefficient (Wildman–Crippen LogP) is 4.76. The first kappa shape index (κ1) is 30.5. The Morgan fingerprint density at radius 3 is 2.60 bits per heavy atom. The van der Waals surface area contributed by atoms with Gasteiger partial charge >= 0.3 is 11.7 Å². The quantitative estimate of drug-likeness (QED) is 0.292. The van der Waals surface area contributed by atoms with E-state index in [4.69, 9.17) is 14.2 Å². The normalized spacial score (nSPS) is 18.7. The summed E-state index contributed by atoms with van der Waals surface area (Å²) in [7, 11) is 3.20. The van der Waals surface area contributed by atoms with Crippen LogP contribution in [0.5, 0.6) is 23.1 Å². The van der Waals surface area contributed by atoms with Crippen LogP contribution in [0.4, 0.5) is 0 Å². The summed E-state index contributed by atoms with van der Waals surface area (Å²) in [4.78, 5) is 26.3. The van der Waals surface area contributed by atoms with Gasteiger partial charge in [0, 0.05) is 32.6 Å². The lowest BCUT2D eigenvalue weighted by molar-refractivity contribution is -0.143. The van der Waals surface area contributed by atoms with Gasteiger partial charge in [-0.2, -0.15) is 0 Å². The van der Waals surface area contributed by atoms with E-state index < -0.39 is 5.97 Å². The summed E-state index contributed by atoms with van der Waals surface area (Å²) < 4.78 is 20.0. The molecule has 0 bridgehead atoms. The number of hydrogen-bond donors (Lipinski definition) is 2. The van der Waals surface area contributed by atoms with Gasteiger partial charge in [0.2, 0.25) is 5.88 Å². The van der Waals surface area contributed by atoms with E-state index in [0.29, 0.717) is 24.0 Å². The van der Waals surface area contributed by atoms with E-state index in [1.807, 2.05) is 18.2 Å². The summed E-state index contributed by atoms with van der Waals surface area (Å²) in [6, 6.07) is 12.7. The summed E-state index contributed by atoms with van der Waals surface area (Å²) in [6.45, 7) is 4.93. The van der Waals surface area contributed by atoms with Crippen LogP contribution in [0.25, 0.3) is 0 Å². The number of hydrogen-bond acceptors (Lipinski definition) is 7. The molecule has 2 aromatic carbocycles. The Labute approximate surface area is 252 Å². The number of aromatic hydroxyl groups is 1. The van der Waals surface area contributed by atoms with Gasteiger partial charge in [-0.3, -0.25) is 18.8 Å². The number of carboxylic acids is 1. The number of rotatable bonds is 13. The highest BCUT2D eigenvalue weighted by Gasteiger charge is 2.30. The van der Waals surface area contributed by atoms with E-state index in [1.165, 1.54) is 26.5 Å². The molecular weight excluding hydrogens is 550 g/mol. The van der Waals surface area contributed by atoms with Crippen molar-refractivity contribution < 1.29 is 29.2 Å². The summed E-state index contributed by atoms with van der Waals surface area (Å²) in [5.74, 6) is 1.57. The highest BCUT2D eigenvalue weighted by atomic mass is 16.5. The zero-order chi connectivity index (χ0) is 30.5. The minimum atomic E-state index is -0.677. The zero-order valence-electron chi connectivity index (χ0n) is 25.3. The summed E-state index contributed by atoms with van der Waals surface area (Å²) >= 11 is 0. The molecule has 1 aliphatic carbocycles. The maximum Gasteiger partial charge on any atom is 0.330 e. The van der Waals surface area contributed by atoms with Crippen LogP contribution in [0, 0.1) is 11.8 Å². The summed E-state index contributed by atoms with van der Waals surface area (Å²) in [6.07, 6.45) is 6.53. The first-order chi connectivity index (χ1) is 20.8. The first-order valence-electron chi connectivity index (χ1n) is 15.2. The molecule has 0 saturated heterocycles. The molecule has 10 heteroatoms. The molecule has 5 rings (SSSR count). The van der Waals surface area contributed by atoms with Crippen molar-refractivity contribution in [2.24, 2.45) is 18.9 Å². The molecule has 3 aromatic rings. The zero-order valence-corrected chi connectivity index (χ0v) is 25.3. The second-order valence-electron chi connectivity index (χ2n) is 11.7. The molecule has 1 atom stereocenters. The second kappa shape index (κ2) is 13.6. The molecule has 2 N–H and O–H groups in total. The van der Waals surface area contributed by atoms with E-state index in [9.17, 15) is 19.8 Å². The van der Waals surface area contributed by atoms with Crippen LogP contribution >= 0.6 is 0 Å². The van der Waals surface area contributed by atoms with Crippen LogP contribution in [0.2, 0.25) is 0 Å². The van der Waals surface area contributed by atoms with Crippen LogP contribution in [-0.4, -0.2) is 57.1 Å². The van der Waals surface area contributed by atoms with Crippen molar-refractivity contribution in [2.45, 2.75) is 64.6 Å². The van der Waals surface area contributed by atoms with Gasteiger partial charge < -0.3 is 24.4 Å². The standard InChI is InChI=1S/C33H43N3O7/c1-4-27(25-10-12-28-26(18-25)13-15-42-28)35(19-22-5-8-24(9-6-22)32(38)39)20-23-7-11-29(30(17-23)41-3)43-16-14-36-31(37)21-34(2)33(36)40/h7,10-12,17-18,21-22,24,27,37H,4-6,8-9,13-16,19-20H2,1-3H3,(H,38,39). The minimum Gasteiger partial charge on any atom is -0.493 e. The highest BCUT2D eigenvalue weighted by Crippen LogP contribution is 2.37. The third-order valence-corrected chi connectivity index (χ3v) is 8.92. The lowest BCUT2D eigenvalue weighted by Crippen LogP contribution is -2.35. The van der Waals surface area contributed by atoms with Gasteiger partial charge in [0.25, 0.3) is 0 Å². The molecule has 10 nitrogen and oxygen atoms in total. The second-order valence-corrected chi connectivity index (χ2v) is 11.7. The van der Waals surface area contributed by atoms with Crippen molar-refractivity contribution >= 4 is 5.97 Å². The Morgan fingerprint density at radius 2 is 1.93 bits per heavy atom. The number of methoxy groups -OCH3 is 1. The molecule has 2 aliphatic rings. The number of carboxylic acid groups (broad SMARTS) is 1. The minimum absolute atomic E-state index is 0.101. The highest BCUT2D eigenvalue weighted by molar-refractivity contribution is 5.70. The van der Waals surface area contributed by atoms with Crippen molar-refractivity contribution in [1.29, 1.82) is 0 Å². The number of fused-ring (bicyclic) bond motifs is 1. The fraction of sp³-hybridized carbons (Fsp3) is 0.515. The molecule has 1 saturated carbocycles. The number of aryl methyl sites for hydroxylation is 1. The van der Waals surface area contributed by atoms with Gasteiger partial charge in [0.15, 0.2) is 11.5 Å². The number of carbonyl (C=O) groups is 1. The molecule has 232 valence electrons. The molecule has 2 heterocycles. The summed E-state index contributed by atoms with van der Waals surface area (Å²) in [5, 5.41) is 19.5. The molecule has 1 fully saturated rings. The van der Waals surface area contributed by atoms with E-state index in [1.54, 1.807) is 14.2 Å². The van der Waals surface area contributed by atoms with Crippen molar-refractivity contribution in [3.8, 4) is 23.1 Å². The Bertz CT molecular complexity index is 1470. The Hall–Kier alpha value is -3.92. The molecule has 1 aliphatic heterocycles. The topological polar surface area (TPSA) is 115 Å². The molecule has 0 amide bonds. The number of ether oxygens (including phenoxy) is 3. The van der Waals surface area contributed by atoms with Crippen LogP contribution < -0.4 is 19.9 Å². The third kappa shape index (κ3) is 7.01. The van der Waals surface area contributed by atoms with E-state index >= 15 is 0 Å². The molecule has 1 aromatic heterocycles. The molecular formula is C33H43N3O7. The van der Waals surface area contributed by atoms with Gasteiger partial charge in [0.05, 0.1) is 32.4 Å². The van der Waals surface area contributed by atoms with E-state index in [2.05, 4.69) is 30.0 Å². The van der Waals surface area contributed by atoms with Crippen LogP contribution in [-0.2, 0) is 31.4 Å². The average Bonchev–Trinajstić information content (AvgIpc) is 3.57. The van der Waals surface area contributed by atoms with Gasteiger partial charge in [-0.25, -0.2) is 4.79 Å². The maximum atomic E-state index is 12.2. The molecule has 43 heavy (non-hydrogen) atoms. The lowest BCUT2D eigenvalue weighted by atomic mass is 9.81. The van der Waals surface area contributed by atoms with Crippen LogP contribution in [0.1, 0.15) is 61.8 Å².